The second-order valence-corrected chi connectivity index (χ2v) is 8.93. The minimum Gasteiger partial charge on any atom is -0.454 e. The highest BCUT2D eigenvalue weighted by atomic mass is 19.3. The number of pyridine rings is 1. The van der Waals surface area contributed by atoms with Gasteiger partial charge in [0.15, 0.2) is 6.61 Å². The number of ether oxygens (including phenoxy) is 2. The molecule has 0 unspecified atom stereocenters. The third kappa shape index (κ3) is 5.40. The molecule has 0 aliphatic carbocycles. The number of esters is 1. The number of benzene rings is 3. The van der Waals surface area contributed by atoms with Gasteiger partial charge in [-0.05, 0) is 56.3 Å². The summed E-state index contributed by atoms with van der Waals surface area (Å²) in [7, 11) is 0. The fraction of sp³-hybridized carbons (Fsp3) is 0.129. The third-order valence-corrected chi connectivity index (χ3v) is 6.39. The molecule has 196 valence electrons. The van der Waals surface area contributed by atoms with Gasteiger partial charge >= 0.3 is 12.6 Å². The van der Waals surface area contributed by atoms with Crippen LogP contribution in [-0.4, -0.2) is 34.5 Å². The number of hydrogen-bond acceptors (Lipinski definition) is 5. The highest BCUT2D eigenvalue weighted by molar-refractivity contribution is 6.06. The Morgan fingerprint density at radius 1 is 0.872 bits per heavy atom. The molecule has 0 saturated heterocycles. The number of hydrogen-bond donors (Lipinski definition) is 0. The van der Waals surface area contributed by atoms with Crippen LogP contribution in [-0.2, 0) is 4.74 Å². The number of halogens is 2. The minimum atomic E-state index is -2.91. The van der Waals surface area contributed by atoms with Gasteiger partial charge in [-0.2, -0.15) is 8.78 Å². The Morgan fingerprint density at radius 2 is 1.56 bits per heavy atom. The zero-order valence-corrected chi connectivity index (χ0v) is 21.2. The minimum absolute atomic E-state index is 0.0403. The van der Waals surface area contributed by atoms with E-state index in [1.165, 1.54) is 12.1 Å². The zero-order valence-electron chi connectivity index (χ0n) is 21.2. The molecule has 5 aromatic rings. The molecule has 6 nitrogen and oxygen atoms in total. The maximum Gasteiger partial charge on any atom is 0.387 e. The first kappa shape index (κ1) is 25.8. The van der Waals surface area contributed by atoms with Crippen molar-refractivity contribution in [1.29, 1.82) is 0 Å². The summed E-state index contributed by atoms with van der Waals surface area (Å²) >= 11 is 0. The van der Waals surface area contributed by atoms with Crippen molar-refractivity contribution in [2.45, 2.75) is 20.5 Å². The molecule has 3 aromatic carbocycles. The highest BCUT2D eigenvalue weighted by Crippen LogP contribution is 2.27. The lowest BCUT2D eigenvalue weighted by molar-refractivity contribution is -0.0498. The van der Waals surface area contributed by atoms with Crippen LogP contribution < -0.4 is 4.74 Å². The molecule has 2 aromatic heterocycles. The molecule has 0 fully saturated rings. The summed E-state index contributed by atoms with van der Waals surface area (Å²) in [5.74, 6) is -0.942. The van der Waals surface area contributed by atoms with E-state index in [0.717, 1.165) is 11.3 Å². The van der Waals surface area contributed by atoms with Gasteiger partial charge in [0.2, 0.25) is 5.78 Å². The summed E-state index contributed by atoms with van der Waals surface area (Å²) in [6.45, 7) is 0.247. The van der Waals surface area contributed by atoms with Gasteiger partial charge in [0.05, 0.1) is 16.8 Å². The fourth-order valence-corrected chi connectivity index (χ4v) is 4.61. The van der Waals surface area contributed by atoms with Gasteiger partial charge in [0, 0.05) is 33.6 Å². The predicted octanol–water partition coefficient (Wildman–Crippen LogP) is 6.95. The maximum atomic E-state index is 13.2. The van der Waals surface area contributed by atoms with Crippen LogP contribution in [0.5, 0.6) is 5.75 Å². The molecule has 2 heterocycles. The van der Waals surface area contributed by atoms with Crippen LogP contribution in [0.3, 0.4) is 0 Å². The number of fused-ring (bicyclic) bond motifs is 1. The number of aryl methyl sites for hydroxylation is 1. The quantitative estimate of drug-likeness (QED) is 0.162. The Labute approximate surface area is 223 Å². The van der Waals surface area contributed by atoms with Crippen molar-refractivity contribution in [3.63, 3.8) is 0 Å². The predicted molar refractivity (Wildman–Crippen MR) is 144 cm³/mol. The van der Waals surface area contributed by atoms with Crippen LogP contribution in [0.25, 0.3) is 27.8 Å². The topological polar surface area (TPSA) is 70.4 Å². The average Bonchev–Trinajstić information content (AvgIpc) is 3.25. The van der Waals surface area contributed by atoms with Gasteiger partial charge in [-0.25, -0.2) is 9.78 Å². The van der Waals surface area contributed by atoms with E-state index < -0.39 is 19.2 Å². The van der Waals surface area contributed by atoms with E-state index in [1.54, 1.807) is 37.3 Å². The van der Waals surface area contributed by atoms with Crippen LogP contribution in [0.4, 0.5) is 8.78 Å². The van der Waals surface area contributed by atoms with E-state index in [9.17, 15) is 18.4 Å². The average molecular weight is 527 g/mol. The summed E-state index contributed by atoms with van der Waals surface area (Å²) in [6, 6.07) is 26.3. The van der Waals surface area contributed by atoms with Crippen molar-refractivity contribution in [2.75, 3.05) is 6.61 Å². The van der Waals surface area contributed by atoms with Gasteiger partial charge in [0.25, 0.3) is 0 Å². The lowest BCUT2D eigenvalue weighted by Crippen LogP contribution is -2.15. The summed E-state index contributed by atoms with van der Waals surface area (Å²) in [4.78, 5) is 31.0. The lowest BCUT2D eigenvalue weighted by Gasteiger charge is -2.12. The number of ketones is 1. The van der Waals surface area contributed by atoms with Crippen molar-refractivity contribution in [3.8, 4) is 22.7 Å². The Hall–Kier alpha value is -4.85. The number of carbonyl (C=O) groups is 2. The number of rotatable bonds is 8. The van der Waals surface area contributed by atoms with E-state index in [4.69, 9.17) is 4.74 Å². The molecule has 8 heteroatoms. The van der Waals surface area contributed by atoms with E-state index in [0.29, 0.717) is 39.1 Å². The van der Waals surface area contributed by atoms with Crippen LogP contribution in [0.2, 0.25) is 0 Å². The number of Topliss-reactive ketones (excluding diaryl/α,β-unsaturated/α-hetero) is 1. The van der Waals surface area contributed by atoms with Crippen LogP contribution in [0, 0.1) is 13.8 Å². The standard InChI is InChI=1S/C31H24F2N2O4/c1-19-16-25(20(2)35(19)22-12-14-23(15-13-22)39-31(32)33)29(36)18-38-30(37)26-17-28(21-8-4-3-5-9-21)34-27-11-7-6-10-24(26)27/h3-17,31H,18H2,1-2H3. The van der Waals surface area contributed by atoms with Gasteiger partial charge in [0.1, 0.15) is 5.75 Å². The number of alkyl halides is 2. The highest BCUT2D eigenvalue weighted by Gasteiger charge is 2.21. The molecule has 0 N–H and O–H groups in total. The summed E-state index contributed by atoms with van der Waals surface area (Å²) in [5, 5.41) is 0.632. The van der Waals surface area contributed by atoms with Crippen molar-refractivity contribution in [3.05, 3.63) is 114 Å². The summed E-state index contributed by atoms with van der Waals surface area (Å²) in [6.07, 6.45) is 0. The van der Waals surface area contributed by atoms with Crippen molar-refractivity contribution in [2.24, 2.45) is 0 Å². The molecule has 0 radical (unpaired) electrons. The maximum absolute atomic E-state index is 13.2. The molecule has 39 heavy (non-hydrogen) atoms. The van der Waals surface area contributed by atoms with Gasteiger partial charge in [-0.3, -0.25) is 4.79 Å². The van der Waals surface area contributed by atoms with E-state index in [-0.39, 0.29) is 11.5 Å². The van der Waals surface area contributed by atoms with Crippen LogP contribution in [0.1, 0.15) is 32.1 Å². The molecule has 0 saturated carbocycles. The fourth-order valence-electron chi connectivity index (χ4n) is 4.61. The Morgan fingerprint density at radius 3 is 2.28 bits per heavy atom. The van der Waals surface area contributed by atoms with Gasteiger partial charge in [-0.1, -0.05) is 48.5 Å². The first-order valence-corrected chi connectivity index (χ1v) is 12.2. The van der Waals surface area contributed by atoms with Crippen LogP contribution in [0.15, 0.2) is 91.0 Å². The Kier molecular flexibility index (Phi) is 7.19. The molecule has 0 atom stereocenters. The lowest BCUT2D eigenvalue weighted by atomic mass is 10.0. The molecule has 0 spiro atoms. The normalized spacial score (nSPS) is 11.1. The number of para-hydroxylation sites is 1. The molecular weight excluding hydrogens is 502 g/mol. The third-order valence-electron chi connectivity index (χ3n) is 6.39. The second-order valence-electron chi connectivity index (χ2n) is 8.93. The van der Waals surface area contributed by atoms with Crippen molar-refractivity contribution < 1.29 is 27.8 Å². The SMILES string of the molecule is Cc1cc(C(=O)COC(=O)c2cc(-c3ccccc3)nc3ccccc23)c(C)n1-c1ccc(OC(F)F)cc1. The molecule has 0 amide bonds. The molecular formula is C31H24F2N2O4. The first-order chi connectivity index (χ1) is 18.8. The van der Waals surface area contributed by atoms with Crippen molar-refractivity contribution >= 4 is 22.7 Å². The van der Waals surface area contributed by atoms with Crippen LogP contribution >= 0.6 is 0 Å². The smallest absolute Gasteiger partial charge is 0.387 e. The number of aromatic nitrogens is 2. The molecule has 5 rings (SSSR count). The molecule has 0 aliphatic heterocycles. The monoisotopic (exact) mass is 526 g/mol. The largest absolute Gasteiger partial charge is 0.454 e. The molecule has 0 aliphatic rings. The Balaban J connectivity index is 1.37. The zero-order chi connectivity index (χ0) is 27.5. The number of carbonyl (C=O) groups excluding carboxylic acids is 2. The number of nitrogens with zero attached hydrogens (tertiary/aromatic N) is 2. The van der Waals surface area contributed by atoms with E-state index in [2.05, 4.69) is 9.72 Å². The molecule has 0 bridgehead atoms. The van der Waals surface area contributed by atoms with E-state index >= 15 is 0 Å². The summed E-state index contributed by atoms with van der Waals surface area (Å²) in [5.41, 5.74) is 4.93. The summed E-state index contributed by atoms with van der Waals surface area (Å²) < 4.78 is 36.7. The Bertz CT molecular complexity index is 1660. The van der Waals surface area contributed by atoms with E-state index in [1.807, 2.05) is 60.0 Å². The van der Waals surface area contributed by atoms with Crippen molar-refractivity contribution in [1.82, 2.24) is 9.55 Å². The second kappa shape index (κ2) is 10.9. The van der Waals surface area contributed by atoms with Gasteiger partial charge < -0.3 is 14.0 Å². The van der Waals surface area contributed by atoms with Gasteiger partial charge in [-0.15, -0.1) is 0 Å². The first-order valence-electron chi connectivity index (χ1n) is 12.2.